The fourth-order valence-electron chi connectivity index (χ4n) is 3.90. The molecule has 1 unspecified atom stereocenters. The minimum atomic E-state index is -0.109. The molecule has 0 saturated carbocycles. The smallest absolute Gasteiger partial charge is 0.269 e. The van der Waals surface area contributed by atoms with Gasteiger partial charge in [-0.25, -0.2) is 0 Å². The third-order valence-corrected chi connectivity index (χ3v) is 5.25. The molecule has 1 aromatic heterocycles. The molecule has 0 bridgehead atoms. The third-order valence-electron chi connectivity index (χ3n) is 5.25. The number of aryl methyl sites for hydroxylation is 1. The number of nitrogens with zero attached hydrogens (tertiary/aromatic N) is 2. The Labute approximate surface area is 161 Å². The monoisotopic (exact) mass is 367 g/mol. The van der Waals surface area contributed by atoms with Crippen LogP contribution in [0.1, 0.15) is 41.4 Å². The molecule has 1 aromatic carbocycles. The van der Waals surface area contributed by atoms with Crippen LogP contribution < -0.4 is 10.1 Å². The summed E-state index contributed by atoms with van der Waals surface area (Å²) in [5, 5.41) is 3.00. The predicted octanol–water partition coefficient (Wildman–Crippen LogP) is 3.09. The summed E-state index contributed by atoms with van der Waals surface area (Å²) >= 11 is 0. The van der Waals surface area contributed by atoms with Crippen molar-refractivity contribution < 1.29 is 9.53 Å². The summed E-state index contributed by atoms with van der Waals surface area (Å²) in [6, 6.07) is 12.2. The number of amides is 1. The van der Waals surface area contributed by atoms with Gasteiger partial charge in [0.15, 0.2) is 0 Å². The van der Waals surface area contributed by atoms with Gasteiger partial charge in [-0.2, -0.15) is 0 Å². The van der Waals surface area contributed by atoms with Crippen LogP contribution in [0.4, 0.5) is 0 Å². The molecule has 1 aliphatic rings. The number of aromatic nitrogens is 1. The number of pyridine rings is 1. The van der Waals surface area contributed by atoms with Gasteiger partial charge in [0, 0.05) is 25.3 Å². The number of benzene rings is 1. The summed E-state index contributed by atoms with van der Waals surface area (Å²) in [7, 11) is 1.75. The van der Waals surface area contributed by atoms with Crippen LogP contribution in [0, 0.1) is 0 Å². The molecule has 5 heteroatoms. The van der Waals surface area contributed by atoms with Gasteiger partial charge < -0.3 is 10.1 Å². The second-order valence-electron chi connectivity index (χ2n) is 7.00. The van der Waals surface area contributed by atoms with Gasteiger partial charge in [-0.15, -0.1) is 0 Å². The summed E-state index contributed by atoms with van der Waals surface area (Å²) in [5.41, 5.74) is 3.22. The average molecular weight is 367 g/mol. The number of fused-ring (bicyclic) bond motifs is 1. The number of methoxy groups -OCH3 is 1. The van der Waals surface area contributed by atoms with E-state index in [0.717, 1.165) is 44.5 Å². The Balaban J connectivity index is 1.60. The summed E-state index contributed by atoms with van der Waals surface area (Å²) in [6.07, 6.45) is 5.98. The van der Waals surface area contributed by atoms with Crippen molar-refractivity contribution in [1.29, 1.82) is 0 Å². The Morgan fingerprint density at radius 1 is 1.26 bits per heavy atom. The number of ether oxygens (including phenoxy) is 1. The molecule has 0 fully saturated rings. The molecule has 2 aromatic rings. The third kappa shape index (κ3) is 4.86. The molecule has 1 aliphatic carbocycles. The van der Waals surface area contributed by atoms with Gasteiger partial charge in [0.2, 0.25) is 0 Å². The lowest BCUT2D eigenvalue weighted by Gasteiger charge is -2.35. The number of hydrogen-bond donors (Lipinski definition) is 1. The van der Waals surface area contributed by atoms with E-state index in [1.807, 2.05) is 12.1 Å². The van der Waals surface area contributed by atoms with Crippen LogP contribution in [0.2, 0.25) is 0 Å². The highest BCUT2D eigenvalue weighted by Gasteiger charge is 2.25. The van der Waals surface area contributed by atoms with Gasteiger partial charge in [0.25, 0.3) is 5.91 Å². The van der Waals surface area contributed by atoms with Crippen molar-refractivity contribution in [3.8, 4) is 5.75 Å². The Morgan fingerprint density at radius 3 is 2.89 bits per heavy atom. The maximum absolute atomic E-state index is 12.2. The van der Waals surface area contributed by atoms with Crippen LogP contribution in [0.5, 0.6) is 5.75 Å². The van der Waals surface area contributed by atoms with E-state index in [1.54, 1.807) is 19.4 Å². The van der Waals surface area contributed by atoms with E-state index >= 15 is 0 Å². The summed E-state index contributed by atoms with van der Waals surface area (Å²) in [4.78, 5) is 18.8. The van der Waals surface area contributed by atoms with Crippen molar-refractivity contribution in [3.05, 3.63) is 59.4 Å². The molecule has 144 valence electrons. The fraction of sp³-hybridized carbons (Fsp3) is 0.455. The number of hydrogen-bond acceptors (Lipinski definition) is 4. The number of carbonyl (C=O) groups excluding carboxylic acids is 1. The van der Waals surface area contributed by atoms with Crippen molar-refractivity contribution in [2.24, 2.45) is 0 Å². The fourth-order valence-corrected chi connectivity index (χ4v) is 3.90. The van der Waals surface area contributed by atoms with E-state index < -0.39 is 0 Å². The molecule has 1 atom stereocenters. The van der Waals surface area contributed by atoms with E-state index in [-0.39, 0.29) is 5.91 Å². The van der Waals surface area contributed by atoms with E-state index in [1.165, 1.54) is 11.1 Å². The van der Waals surface area contributed by atoms with E-state index in [0.29, 0.717) is 18.3 Å². The highest BCUT2D eigenvalue weighted by Crippen LogP contribution is 2.31. The van der Waals surface area contributed by atoms with E-state index in [9.17, 15) is 4.79 Å². The van der Waals surface area contributed by atoms with Crippen LogP contribution in [-0.2, 0) is 12.8 Å². The molecular formula is C22H29N3O2. The van der Waals surface area contributed by atoms with Gasteiger partial charge in [-0.05, 0) is 61.6 Å². The zero-order chi connectivity index (χ0) is 19.1. The van der Waals surface area contributed by atoms with Crippen LogP contribution in [0.25, 0.3) is 0 Å². The second kappa shape index (κ2) is 9.51. The number of carbonyl (C=O) groups is 1. The van der Waals surface area contributed by atoms with Gasteiger partial charge >= 0.3 is 0 Å². The Morgan fingerprint density at radius 2 is 2.15 bits per heavy atom. The summed E-state index contributed by atoms with van der Waals surface area (Å²) in [6.45, 7) is 4.72. The molecule has 5 nitrogen and oxygen atoms in total. The minimum Gasteiger partial charge on any atom is -0.496 e. The van der Waals surface area contributed by atoms with Gasteiger partial charge in [-0.1, -0.05) is 25.1 Å². The molecule has 0 aliphatic heterocycles. The Kier molecular flexibility index (Phi) is 6.82. The highest BCUT2D eigenvalue weighted by molar-refractivity contribution is 5.92. The van der Waals surface area contributed by atoms with E-state index in [2.05, 4.69) is 40.3 Å². The van der Waals surface area contributed by atoms with Crippen molar-refractivity contribution in [2.75, 3.05) is 26.7 Å². The second-order valence-corrected chi connectivity index (χ2v) is 7.00. The lowest BCUT2D eigenvalue weighted by Crippen LogP contribution is -2.44. The first-order chi connectivity index (χ1) is 13.2. The largest absolute Gasteiger partial charge is 0.496 e. The van der Waals surface area contributed by atoms with Crippen molar-refractivity contribution in [1.82, 2.24) is 15.2 Å². The Bertz CT molecular complexity index is 734. The lowest BCUT2D eigenvalue weighted by molar-refractivity contribution is 0.0936. The lowest BCUT2D eigenvalue weighted by atomic mass is 9.86. The first-order valence-corrected chi connectivity index (χ1v) is 9.81. The number of nitrogens with one attached hydrogen (secondary N) is 1. The maximum atomic E-state index is 12.2. The molecule has 1 heterocycles. The van der Waals surface area contributed by atoms with Gasteiger partial charge in [-0.3, -0.25) is 14.7 Å². The molecular weight excluding hydrogens is 338 g/mol. The predicted molar refractivity (Wildman–Crippen MR) is 107 cm³/mol. The minimum absolute atomic E-state index is 0.109. The van der Waals surface area contributed by atoms with Gasteiger partial charge in [0.05, 0.1) is 7.11 Å². The van der Waals surface area contributed by atoms with Crippen molar-refractivity contribution in [2.45, 2.75) is 38.6 Å². The molecule has 0 radical (unpaired) electrons. The SMILES string of the molecule is CCCN(CCNC(=O)c1ccccn1)C1CCc2cccc(OC)c2C1. The average Bonchev–Trinajstić information content (AvgIpc) is 2.72. The van der Waals surface area contributed by atoms with Crippen molar-refractivity contribution >= 4 is 5.91 Å². The normalized spacial score (nSPS) is 16.0. The molecule has 27 heavy (non-hydrogen) atoms. The molecule has 1 N–H and O–H groups in total. The van der Waals surface area contributed by atoms with Crippen molar-refractivity contribution in [3.63, 3.8) is 0 Å². The molecule has 3 rings (SSSR count). The number of rotatable bonds is 8. The molecule has 0 spiro atoms. The Hall–Kier alpha value is -2.40. The van der Waals surface area contributed by atoms with Crippen LogP contribution in [-0.4, -0.2) is 48.6 Å². The standard InChI is InChI=1S/C22H29N3O2/c1-3-14-25(15-13-24-22(26)20-8-4-5-12-23-20)18-11-10-17-7-6-9-21(27-2)19(17)16-18/h4-9,12,18H,3,10-11,13-16H2,1-2H3,(H,24,26). The molecule has 1 amide bonds. The highest BCUT2D eigenvalue weighted by atomic mass is 16.5. The summed E-state index contributed by atoms with van der Waals surface area (Å²) < 4.78 is 5.58. The summed E-state index contributed by atoms with van der Waals surface area (Å²) in [5.74, 6) is 0.889. The van der Waals surface area contributed by atoms with Crippen LogP contribution in [0.15, 0.2) is 42.6 Å². The van der Waals surface area contributed by atoms with Crippen LogP contribution in [0.3, 0.4) is 0 Å². The van der Waals surface area contributed by atoms with Gasteiger partial charge in [0.1, 0.15) is 11.4 Å². The first-order valence-electron chi connectivity index (χ1n) is 9.81. The van der Waals surface area contributed by atoms with Crippen LogP contribution >= 0.6 is 0 Å². The topological polar surface area (TPSA) is 54.5 Å². The zero-order valence-electron chi connectivity index (χ0n) is 16.3. The maximum Gasteiger partial charge on any atom is 0.269 e. The quantitative estimate of drug-likeness (QED) is 0.779. The zero-order valence-corrected chi connectivity index (χ0v) is 16.3. The molecule has 0 saturated heterocycles. The first kappa shape index (κ1) is 19.4. The van der Waals surface area contributed by atoms with E-state index in [4.69, 9.17) is 4.74 Å².